The van der Waals surface area contributed by atoms with Crippen molar-refractivity contribution >= 4 is 23.5 Å². The molecule has 0 fully saturated rings. The maximum atomic E-state index is 12.1. The SMILES string of the molecule is CCCC(NC(=O)c1cc(-c2ccccc2Cl)n[nH]1)C(=O)O. The fraction of sp³-hybridized carbons (Fsp3) is 0.267. The van der Waals surface area contributed by atoms with Gasteiger partial charge in [-0.25, -0.2) is 4.79 Å². The summed E-state index contributed by atoms with van der Waals surface area (Å²) < 4.78 is 0. The molecule has 3 N–H and O–H groups in total. The van der Waals surface area contributed by atoms with Gasteiger partial charge in [0.05, 0.1) is 10.7 Å². The van der Waals surface area contributed by atoms with Gasteiger partial charge in [0.2, 0.25) is 0 Å². The van der Waals surface area contributed by atoms with Gasteiger partial charge in [-0.05, 0) is 18.6 Å². The van der Waals surface area contributed by atoms with Gasteiger partial charge in [-0.3, -0.25) is 9.89 Å². The van der Waals surface area contributed by atoms with E-state index in [1.54, 1.807) is 24.3 Å². The number of aromatic amines is 1. The van der Waals surface area contributed by atoms with Crippen molar-refractivity contribution < 1.29 is 14.7 Å². The van der Waals surface area contributed by atoms with Gasteiger partial charge in [0.15, 0.2) is 0 Å². The van der Waals surface area contributed by atoms with Gasteiger partial charge in [0, 0.05) is 5.56 Å². The first-order valence-corrected chi connectivity index (χ1v) is 7.24. The van der Waals surface area contributed by atoms with Crippen LogP contribution in [0.1, 0.15) is 30.3 Å². The Morgan fingerprint density at radius 3 is 2.77 bits per heavy atom. The van der Waals surface area contributed by atoms with E-state index in [2.05, 4.69) is 15.5 Å². The van der Waals surface area contributed by atoms with Gasteiger partial charge in [-0.2, -0.15) is 5.10 Å². The van der Waals surface area contributed by atoms with E-state index in [1.165, 1.54) is 0 Å². The van der Waals surface area contributed by atoms with E-state index in [1.807, 2.05) is 13.0 Å². The Balaban J connectivity index is 2.16. The number of carbonyl (C=O) groups excluding carboxylic acids is 1. The van der Waals surface area contributed by atoms with Gasteiger partial charge in [-0.1, -0.05) is 43.1 Å². The minimum atomic E-state index is -1.05. The second kappa shape index (κ2) is 7.09. The number of halogens is 1. The lowest BCUT2D eigenvalue weighted by atomic mass is 10.1. The summed E-state index contributed by atoms with van der Waals surface area (Å²) in [6, 6.07) is 7.77. The van der Waals surface area contributed by atoms with Crippen LogP contribution in [0.2, 0.25) is 5.02 Å². The van der Waals surface area contributed by atoms with Crippen LogP contribution in [0.4, 0.5) is 0 Å². The average molecular weight is 322 g/mol. The number of aliphatic carboxylic acids is 1. The van der Waals surface area contributed by atoms with E-state index in [0.717, 1.165) is 0 Å². The number of nitrogens with zero attached hydrogens (tertiary/aromatic N) is 1. The molecule has 1 aromatic heterocycles. The number of benzene rings is 1. The molecule has 0 aliphatic heterocycles. The van der Waals surface area contributed by atoms with Crippen molar-refractivity contribution in [1.82, 2.24) is 15.5 Å². The third-order valence-electron chi connectivity index (χ3n) is 3.15. The summed E-state index contributed by atoms with van der Waals surface area (Å²) in [5.41, 5.74) is 1.41. The van der Waals surface area contributed by atoms with Crippen molar-refractivity contribution in [3.8, 4) is 11.3 Å². The predicted octanol–water partition coefficient (Wildman–Crippen LogP) is 2.71. The topological polar surface area (TPSA) is 95.1 Å². The molecule has 0 saturated carbocycles. The maximum Gasteiger partial charge on any atom is 0.326 e. The highest BCUT2D eigenvalue weighted by Gasteiger charge is 2.21. The molecule has 2 rings (SSSR count). The van der Waals surface area contributed by atoms with Crippen molar-refractivity contribution in [2.24, 2.45) is 0 Å². The summed E-state index contributed by atoms with van der Waals surface area (Å²) in [5.74, 6) is -1.56. The molecule has 0 bridgehead atoms. The number of rotatable bonds is 6. The Morgan fingerprint density at radius 2 is 2.14 bits per heavy atom. The number of amides is 1. The van der Waals surface area contributed by atoms with E-state index in [-0.39, 0.29) is 5.69 Å². The molecule has 116 valence electrons. The number of hydrogen-bond acceptors (Lipinski definition) is 3. The number of carboxylic acid groups (broad SMARTS) is 1. The molecule has 1 unspecified atom stereocenters. The molecule has 1 aromatic carbocycles. The molecule has 1 amide bonds. The quantitative estimate of drug-likeness (QED) is 0.762. The van der Waals surface area contributed by atoms with Crippen LogP contribution in [0, 0.1) is 0 Å². The number of carbonyl (C=O) groups is 2. The Hall–Kier alpha value is -2.34. The first-order valence-electron chi connectivity index (χ1n) is 6.87. The minimum absolute atomic E-state index is 0.192. The van der Waals surface area contributed by atoms with Gasteiger partial charge in [0.1, 0.15) is 11.7 Å². The van der Waals surface area contributed by atoms with Crippen LogP contribution in [0.5, 0.6) is 0 Å². The normalized spacial score (nSPS) is 11.9. The summed E-state index contributed by atoms with van der Waals surface area (Å²) in [6.45, 7) is 1.85. The van der Waals surface area contributed by atoms with Crippen LogP contribution in [0.15, 0.2) is 30.3 Å². The van der Waals surface area contributed by atoms with E-state index < -0.39 is 17.9 Å². The summed E-state index contributed by atoms with van der Waals surface area (Å²) in [7, 11) is 0. The van der Waals surface area contributed by atoms with Crippen molar-refractivity contribution in [3.05, 3.63) is 41.0 Å². The number of nitrogens with one attached hydrogen (secondary N) is 2. The zero-order chi connectivity index (χ0) is 16.1. The fourth-order valence-corrected chi connectivity index (χ4v) is 2.26. The smallest absolute Gasteiger partial charge is 0.326 e. The zero-order valence-electron chi connectivity index (χ0n) is 12.0. The lowest BCUT2D eigenvalue weighted by molar-refractivity contribution is -0.139. The molecule has 1 atom stereocenters. The zero-order valence-corrected chi connectivity index (χ0v) is 12.7. The maximum absolute atomic E-state index is 12.1. The number of H-pyrrole nitrogens is 1. The summed E-state index contributed by atoms with van der Waals surface area (Å²) >= 11 is 6.08. The number of carboxylic acids is 1. The first-order chi connectivity index (χ1) is 10.5. The molecule has 1 heterocycles. The second-order valence-corrected chi connectivity index (χ2v) is 5.21. The van der Waals surface area contributed by atoms with Crippen LogP contribution in [-0.2, 0) is 4.79 Å². The van der Waals surface area contributed by atoms with Crippen LogP contribution in [0.3, 0.4) is 0 Å². The summed E-state index contributed by atoms with van der Waals surface area (Å²) in [6.07, 6.45) is 1.03. The van der Waals surface area contributed by atoms with E-state index >= 15 is 0 Å². The molecule has 0 aliphatic rings. The molecule has 0 radical (unpaired) electrons. The molecule has 0 aliphatic carbocycles. The lowest BCUT2D eigenvalue weighted by Crippen LogP contribution is -2.40. The largest absolute Gasteiger partial charge is 0.480 e. The minimum Gasteiger partial charge on any atom is -0.480 e. The lowest BCUT2D eigenvalue weighted by Gasteiger charge is -2.12. The third kappa shape index (κ3) is 3.65. The Morgan fingerprint density at radius 1 is 1.41 bits per heavy atom. The highest BCUT2D eigenvalue weighted by atomic mass is 35.5. The van der Waals surface area contributed by atoms with Crippen molar-refractivity contribution in [1.29, 1.82) is 0 Å². The van der Waals surface area contributed by atoms with Crippen molar-refractivity contribution in [3.63, 3.8) is 0 Å². The Bertz CT molecular complexity index is 684. The second-order valence-electron chi connectivity index (χ2n) is 4.80. The number of hydrogen-bond donors (Lipinski definition) is 3. The summed E-state index contributed by atoms with van der Waals surface area (Å²) in [5, 5.41) is 18.7. The first kappa shape index (κ1) is 16.0. The average Bonchev–Trinajstić information content (AvgIpc) is 2.96. The van der Waals surface area contributed by atoms with Crippen LogP contribution in [0.25, 0.3) is 11.3 Å². The van der Waals surface area contributed by atoms with Gasteiger partial charge in [0.25, 0.3) is 5.91 Å². The van der Waals surface area contributed by atoms with Crippen LogP contribution < -0.4 is 5.32 Å². The molecule has 22 heavy (non-hydrogen) atoms. The van der Waals surface area contributed by atoms with Crippen LogP contribution in [-0.4, -0.2) is 33.2 Å². The predicted molar refractivity (Wildman–Crippen MR) is 82.8 cm³/mol. The fourth-order valence-electron chi connectivity index (χ4n) is 2.03. The highest BCUT2D eigenvalue weighted by Crippen LogP contribution is 2.26. The van der Waals surface area contributed by atoms with E-state index in [0.29, 0.717) is 29.1 Å². The Labute approximate surface area is 132 Å². The monoisotopic (exact) mass is 321 g/mol. The van der Waals surface area contributed by atoms with Gasteiger partial charge in [-0.15, -0.1) is 0 Å². The van der Waals surface area contributed by atoms with Crippen molar-refractivity contribution in [2.75, 3.05) is 0 Å². The summed E-state index contributed by atoms with van der Waals surface area (Å²) in [4.78, 5) is 23.2. The molecule has 2 aromatic rings. The third-order valence-corrected chi connectivity index (χ3v) is 3.48. The van der Waals surface area contributed by atoms with Crippen molar-refractivity contribution in [2.45, 2.75) is 25.8 Å². The standard InChI is InChI=1S/C15H16ClN3O3/c1-2-5-11(15(21)22)17-14(20)13-8-12(18-19-13)9-6-3-4-7-10(9)16/h3-4,6-8,11H,2,5H2,1H3,(H,17,20)(H,18,19)(H,21,22). The van der Waals surface area contributed by atoms with E-state index in [4.69, 9.17) is 16.7 Å². The van der Waals surface area contributed by atoms with Gasteiger partial charge < -0.3 is 10.4 Å². The molecule has 0 saturated heterocycles. The highest BCUT2D eigenvalue weighted by molar-refractivity contribution is 6.33. The molecular weight excluding hydrogens is 306 g/mol. The van der Waals surface area contributed by atoms with Crippen LogP contribution >= 0.6 is 11.6 Å². The van der Waals surface area contributed by atoms with Gasteiger partial charge >= 0.3 is 5.97 Å². The Kier molecular flexibility index (Phi) is 5.16. The molecule has 6 nitrogen and oxygen atoms in total. The molecule has 0 spiro atoms. The molecule has 7 heteroatoms. The number of aromatic nitrogens is 2. The molecular formula is C15H16ClN3O3. The van der Waals surface area contributed by atoms with E-state index in [9.17, 15) is 9.59 Å².